The summed E-state index contributed by atoms with van der Waals surface area (Å²) < 4.78 is 41.6. The highest BCUT2D eigenvalue weighted by Gasteiger charge is 2.31. The third-order valence-electron chi connectivity index (χ3n) is 5.70. The van der Waals surface area contributed by atoms with Crippen molar-refractivity contribution in [3.8, 4) is 5.69 Å². The lowest BCUT2D eigenvalue weighted by molar-refractivity contribution is -0.138. The molecule has 1 amide bonds. The van der Waals surface area contributed by atoms with E-state index in [2.05, 4.69) is 10.1 Å². The molecule has 0 unspecified atom stereocenters. The van der Waals surface area contributed by atoms with Gasteiger partial charge in [0.2, 0.25) is 5.91 Å². The van der Waals surface area contributed by atoms with Gasteiger partial charge in [0.05, 0.1) is 17.4 Å². The first-order valence-electron chi connectivity index (χ1n) is 10.5. The molecule has 1 aromatic carbocycles. The van der Waals surface area contributed by atoms with Gasteiger partial charge in [-0.2, -0.15) is 18.3 Å². The second-order valence-corrected chi connectivity index (χ2v) is 7.83. The van der Waals surface area contributed by atoms with Crippen LogP contribution in [0.1, 0.15) is 46.1 Å². The maximum atomic E-state index is 13.1. The number of hydrogen-bond acceptors (Lipinski definition) is 4. The second kappa shape index (κ2) is 9.13. The molecule has 0 fully saturated rings. The third-order valence-corrected chi connectivity index (χ3v) is 5.70. The van der Waals surface area contributed by atoms with Crippen LogP contribution in [0.15, 0.2) is 41.6 Å². The normalized spacial score (nSPS) is 13.8. The van der Waals surface area contributed by atoms with E-state index in [4.69, 9.17) is 0 Å². The van der Waals surface area contributed by atoms with Gasteiger partial charge in [-0.05, 0) is 44.9 Å². The van der Waals surface area contributed by atoms with Gasteiger partial charge in [0, 0.05) is 12.1 Å². The molecule has 32 heavy (non-hydrogen) atoms. The summed E-state index contributed by atoms with van der Waals surface area (Å²) in [6.07, 6.45) is -0.443. The largest absolute Gasteiger partial charge is 0.416 e. The molecule has 0 saturated heterocycles. The molecule has 2 atom stereocenters. The van der Waals surface area contributed by atoms with Crippen LogP contribution in [0.4, 0.5) is 13.2 Å². The van der Waals surface area contributed by atoms with E-state index in [0.29, 0.717) is 0 Å². The molecule has 0 spiro atoms. The van der Waals surface area contributed by atoms with Crippen LogP contribution in [0.25, 0.3) is 16.7 Å². The number of alkyl halides is 3. The van der Waals surface area contributed by atoms with E-state index in [-0.39, 0.29) is 41.3 Å². The summed E-state index contributed by atoms with van der Waals surface area (Å²) in [6, 6.07) is 4.67. The highest BCUT2D eigenvalue weighted by molar-refractivity contribution is 5.78. The molecule has 0 bridgehead atoms. The molecule has 3 rings (SSSR count). The Morgan fingerprint density at radius 1 is 1.16 bits per heavy atom. The van der Waals surface area contributed by atoms with Crippen molar-refractivity contribution in [3.63, 3.8) is 0 Å². The smallest absolute Gasteiger partial charge is 0.336 e. The summed E-state index contributed by atoms with van der Waals surface area (Å²) >= 11 is 0. The minimum Gasteiger partial charge on any atom is -0.336 e. The van der Waals surface area contributed by atoms with Crippen molar-refractivity contribution in [1.29, 1.82) is 0 Å². The number of halogens is 3. The maximum absolute atomic E-state index is 13.1. The monoisotopic (exact) mass is 449 g/mol. The van der Waals surface area contributed by atoms with Crippen LogP contribution in [0, 0.1) is 0 Å². The van der Waals surface area contributed by atoms with Crippen molar-refractivity contribution < 1.29 is 18.0 Å². The van der Waals surface area contributed by atoms with Crippen molar-refractivity contribution in [3.05, 3.63) is 52.7 Å². The fraction of sp³-hybridized carbons (Fsp3) is 0.455. The SMILES string of the molecule is CC[C@H](C)N(C(=O)Cn1cnc2c(cnn2-c2cccc(C(F)(F)F)c2)c1=O)[C@@H](C)CC. The molecule has 0 aliphatic heterocycles. The Morgan fingerprint density at radius 2 is 1.81 bits per heavy atom. The average molecular weight is 449 g/mol. The molecular weight excluding hydrogens is 423 g/mol. The van der Waals surface area contributed by atoms with Crippen molar-refractivity contribution in [1.82, 2.24) is 24.2 Å². The summed E-state index contributed by atoms with van der Waals surface area (Å²) in [5, 5.41) is 4.19. The van der Waals surface area contributed by atoms with Crippen LogP contribution in [-0.4, -0.2) is 42.2 Å². The zero-order valence-electron chi connectivity index (χ0n) is 18.4. The lowest BCUT2D eigenvalue weighted by Gasteiger charge is -2.34. The van der Waals surface area contributed by atoms with Gasteiger partial charge in [-0.3, -0.25) is 14.2 Å². The Morgan fingerprint density at radius 3 is 2.41 bits per heavy atom. The standard InChI is InChI=1S/C22H26F3N5O2/c1-5-14(3)29(15(4)6-2)19(31)12-28-13-26-20-18(21(28)32)11-27-30(20)17-9-7-8-16(10-17)22(23,24)25/h7-11,13-15H,5-6,12H2,1-4H3/t14-,15-/m0/s1. The van der Waals surface area contributed by atoms with Crippen LogP contribution in [0.2, 0.25) is 0 Å². The molecule has 10 heteroatoms. The van der Waals surface area contributed by atoms with Gasteiger partial charge < -0.3 is 4.90 Å². The minimum atomic E-state index is -4.50. The van der Waals surface area contributed by atoms with E-state index < -0.39 is 17.3 Å². The van der Waals surface area contributed by atoms with Crippen molar-refractivity contribution in [2.45, 2.75) is 65.3 Å². The van der Waals surface area contributed by atoms with Gasteiger partial charge in [-0.15, -0.1) is 0 Å². The van der Waals surface area contributed by atoms with Crippen molar-refractivity contribution >= 4 is 16.9 Å². The average Bonchev–Trinajstić information content (AvgIpc) is 3.20. The molecule has 0 N–H and O–H groups in total. The molecule has 0 aliphatic rings. The molecule has 172 valence electrons. The topological polar surface area (TPSA) is 73.0 Å². The van der Waals surface area contributed by atoms with E-state index in [1.165, 1.54) is 33.9 Å². The summed E-state index contributed by atoms with van der Waals surface area (Å²) in [5.74, 6) is -0.192. The Bertz CT molecular complexity index is 1160. The number of benzene rings is 1. The Labute approximate surface area is 183 Å². The van der Waals surface area contributed by atoms with E-state index in [0.717, 1.165) is 25.0 Å². The number of carbonyl (C=O) groups excluding carboxylic acids is 1. The minimum absolute atomic E-state index is 0.0218. The van der Waals surface area contributed by atoms with Gasteiger partial charge in [0.1, 0.15) is 18.3 Å². The summed E-state index contributed by atoms with van der Waals surface area (Å²) in [4.78, 5) is 31.9. The van der Waals surface area contributed by atoms with Crippen molar-refractivity contribution in [2.24, 2.45) is 0 Å². The second-order valence-electron chi connectivity index (χ2n) is 7.83. The Kier molecular flexibility index (Phi) is 6.71. The van der Waals surface area contributed by atoms with E-state index in [9.17, 15) is 22.8 Å². The molecule has 7 nitrogen and oxygen atoms in total. The van der Waals surface area contributed by atoms with Crippen LogP contribution in [0.3, 0.4) is 0 Å². The third kappa shape index (κ3) is 4.53. The molecule has 0 radical (unpaired) electrons. The van der Waals surface area contributed by atoms with Gasteiger partial charge in [0.15, 0.2) is 5.65 Å². The zero-order chi connectivity index (χ0) is 23.6. The van der Waals surface area contributed by atoms with E-state index in [1.54, 1.807) is 4.90 Å². The van der Waals surface area contributed by atoms with Gasteiger partial charge >= 0.3 is 6.18 Å². The molecular formula is C22H26F3N5O2. The summed E-state index contributed by atoms with van der Waals surface area (Å²) in [6.45, 7) is 7.75. The van der Waals surface area contributed by atoms with E-state index in [1.807, 2.05) is 27.7 Å². The summed E-state index contributed by atoms with van der Waals surface area (Å²) in [5.41, 5.74) is -1.04. The lowest BCUT2D eigenvalue weighted by Crippen LogP contribution is -2.46. The number of amides is 1. The predicted octanol–water partition coefficient (Wildman–Crippen LogP) is 4.03. The van der Waals surface area contributed by atoms with Gasteiger partial charge in [-0.25, -0.2) is 9.67 Å². The van der Waals surface area contributed by atoms with Crippen LogP contribution in [-0.2, 0) is 17.5 Å². The molecule has 3 aromatic rings. The van der Waals surface area contributed by atoms with Crippen LogP contribution < -0.4 is 5.56 Å². The quantitative estimate of drug-likeness (QED) is 0.546. The fourth-order valence-electron chi connectivity index (χ4n) is 3.61. The molecule has 2 heterocycles. The number of fused-ring (bicyclic) bond motifs is 1. The Balaban J connectivity index is 1.96. The first-order valence-corrected chi connectivity index (χ1v) is 10.5. The predicted molar refractivity (Wildman–Crippen MR) is 114 cm³/mol. The number of hydrogen-bond donors (Lipinski definition) is 0. The first kappa shape index (κ1) is 23.5. The number of nitrogens with zero attached hydrogens (tertiary/aromatic N) is 5. The van der Waals surface area contributed by atoms with Crippen molar-refractivity contribution in [2.75, 3.05) is 0 Å². The molecule has 2 aromatic heterocycles. The Hall–Kier alpha value is -3.17. The van der Waals surface area contributed by atoms with E-state index >= 15 is 0 Å². The van der Waals surface area contributed by atoms with Gasteiger partial charge in [0.25, 0.3) is 5.56 Å². The molecule has 0 saturated carbocycles. The number of aromatic nitrogens is 4. The molecule has 0 aliphatic carbocycles. The highest BCUT2D eigenvalue weighted by atomic mass is 19.4. The highest BCUT2D eigenvalue weighted by Crippen LogP contribution is 2.30. The first-order chi connectivity index (χ1) is 15.1. The number of carbonyl (C=O) groups is 1. The fourth-order valence-corrected chi connectivity index (χ4v) is 3.61. The zero-order valence-corrected chi connectivity index (χ0v) is 18.4. The van der Waals surface area contributed by atoms with Crippen LogP contribution in [0.5, 0.6) is 0 Å². The van der Waals surface area contributed by atoms with Crippen LogP contribution >= 0.6 is 0 Å². The van der Waals surface area contributed by atoms with Gasteiger partial charge in [-0.1, -0.05) is 19.9 Å². The maximum Gasteiger partial charge on any atom is 0.416 e. The number of rotatable bonds is 7. The lowest BCUT2D eigenvalue weighted by atomic mass is 10.1. The summed E-state index contributed by atoms with van der Waals surface area (Å²) in [7, 11) is 0.